The number of furan rings is 1. The summed E-state index contributed by atoms with van der Waals surface area (Å²) in [5.41, 5.74) is 13.8. The van der Waals surface area contributed by atoms with E-state index in [-0.39, 0.29) is 0 Å². The Labute approximate surface area is 314 Å². The van der Waals surface area contributed by atoms with Crippen LogP contribution in [0.15, 0.2) is 194 Å². The summed E-state index contributed by atoms with van der Waals surface area (Å²) in [6.07, 6.45) is 0. The molecule has 0 aliphatic carbocycles. The van der Waals surface area contributed by atoms with Crippen LogP contribution in [-0.4, -0.2) is 9.97 Å². The molecule has 0 unspecified atom stereocenters. The molecule has 250 valence electrons. The molecule has 3 aromatic heterocycles. The van der Waals surface area contributed by atoms with Crippen LogP contribution >= 0.6 is 23.5 Å². The van der Waals surface area contributed by atoms with E-state index in [1.165, 1.54) is 31.0 Å². The number of anilines is 6. The number of fused-ring (bicyclic) bond motifs is 7. The first-order valence-corrected chi connectivity index (χ1v) is 19.1. The van der Waals surface area contributed by atoms with E-state index in [1.807, 2.05) is 24.3 Å². The number of hydrogen-bond acceptors (Lipinski definition) is 7. The molecular weight excluding hydrogens is 689 g/mol. The molecule has 9 aromatic rings. The molecule has 0 amide bonds. The van der Waals surface area contributed by atoms with Crippen LogP contribution in [0.5, 0.6) is 0 Å². The zero-order chi connectivity index (χ0) is 34.9. The zero-order valence-corrected chi connectivity index (χ0v) is 29.8. The summed E-state index contributed by atoms with van der Waals surface area (Å²) < 4.78 is 6.27. The second-order valence-electron chi connectivity index (χ2n) is 13.0. The van der Waals surface area contributed by atoms with Crippen molar-refractivity contribution < 1.29 is 4.42 Å². The predicted octanol–water partition coefficient (Wildman–Crippen LogP) is 13.6. The van der Waals surface area contributed by atoms with Crippen LogP contribution in [0, 0.1) is 0 Å². The molecule has 2 aliphatic heterocycles. The highest BCUT2D eigenvalue weighted by Gasteiger charge is 2.27. The Balaban J connectivity index is 0.977. The smallest absolute Gasteiger partial charge is 0.155 e. The van der Waals surface area contributed by atoms with Crippen LogP contribution in [-0.2, 0) is 0 Å². The van der Waals surface area contributed by atoms with Crippen molar-refractivity contribution in [3.63, 3.8) is 0 Å². The first-order valence-electron chi connectivity index (χ1n) is 17.5. The first kappa shape index (κ1) is 30.4. The lowest BCUT2D eigenvalue weighted by Crippen LogP contribution is -2.14. The molecule has 0 fully saturated rings. The molecule has 5 heterocycles. The number of rotatable bonds is 4. The second kappa shape index (κ2) is 12.2. The second-order valence-corrected chi connectivity index (χ2v) is 15.2. The van der Waals surface area contributed by atoms with Crippen molar-refractivity contribution in [3.8, 4) is 22.5 Å². The number of aromatic nitrogens is 2. The maximum absolute atomic E-state index is 6.27. The largest absolute Gasteiger partial charge is 0.453 e. The van der Waals surface area contributed by atoms with Crippen molar-refractivity contribution in [1.29, 1.82) is 0 Å². The quantitative estimate of drug-likeness (QED) is 0.180. The summed E-state index contributed by atoms with van der Waals surface area (Å²) in [5.74, 6) is 0. The molecule has 53 heavy (non-hydrogen) atoms. The number of nitrogens with zero attached hydrogens (tertiary/aromatic N) is 4. The van der Waals surface area contributed by atoms with Crippen molar-refractivity contribution in [3.05, 3.63) is 170 Å². The SMILES string of the molecule is c1ccc(N2c3ccccc3Sc3cc(-c4ccc5oc6ccc(-c7ccc8c(c7)Sc7ccccc7N8c7ccccc7)nc6c5n4)ccc32)cc1. The van der Waals surface area contributed by atoms with E-state index in [0.29, 0.717) is 0 Å². The average molecular weight is 717 g/mol. The van der Waals surface area contributed by atoms with Gasteiger partial charge in [0.15, 0.2) is 11.2 Å². The van der Waals surface area contributed by atoms with Gasteiger partial charge in [0.05, 0.1) is 34.1 Å². The Kier molecular flexibility index (Phi) is 6.96. The molecule has 0 saturated heterocycles. The monoisotopic (exact) mass is 716 g/mol. The van der Waals surface area contributed by atoms with E-state index in [2.05, 4.69) is 155 Å². The van der Waals surface area contributed by atoms with E-state index >= 15 is 0 Å². The third-order valence-corrected chi connectivity index (χ3v) is 12.1. The van der Waals surface area contributed by atoms with Crippen molar-refractivity contribution >= 4 is 79.8 Å². The zero-order valence-electron chi connectivity index (χ0n) is 28.2. The molecule has 7 heteroatoms. The van der Waals surface area contributed by atoms with Gasteiger partial charge < -0.3 is 14.2 Å². The van der Waals surface area contributed by atoms with E-state index in [4.69, 9.17) is 14.4 Å². The Morgan fingerprint density at radius 3 is 1.26 bits per heavy atom. The van der Waals surface area contributed by atoms with Gasteiger partial charge in [-0.1, -0.05) is 96.3 Å². The molecule has 0 saturated carbocycles. The molecule has 0 N–H and O–H groups in total. The summed E-state index contributed by atoms with van der Waals surface area (Å²) in [7, 11) is 0. The van der Waals surface area contributed by atoms with Crippen LogP contribution in [0.1, 0.15) is 0 Å². The predicted molar refractivity (Wildman–Crippen MR) is 218 cm³/mol. The Morgan fingerprint density at radius 1 is 0.377 bits per heavy atom. The highest BCUT2D eigenvalue weighted by molar-refractivity contribution is 8.00. The van der Waals surface area contributed by atoms with E-state index in [1.54, 1.807) is 23.5 Å². The summed E-state index contributed by atoms with van der Waals surface area (Å²) in [4.78, 5) is 19.9. The molecule has 2 aliphatic rings. The molecule has 6 aromatic carbocycles. The van der Waals surface area contributed by atoms with Gasteiger partial charge in [-0.05, 0) is 97.1 Å². The highest BCUT2D eigenvalue weighted by atomic mass is 32.2. The Bertz CT molecular complexity index is 2680. The van der Waals surface area contributed by atoms with Crippen molar-refractivity contribution in [2.45, 2.75) is 19.6 Å². The fraction of sp³-hybridized carbons (Fsp3) is 0. The summed E-state index contributed by atoms with van der Waals surface area (Å²) in [5, 5.41) is 0. The van der Waals surface area contributed by atoms with Crippen LogP contribution in [0.2, 0.25) is 0 Å². The van der Waals surface area contributed by atoms with Crippen molar-refractivity contribution in [2.24, 2.45) is 0 Å². The number of benzene rings is 6. The van der Waals surface area contributed by atoms with Gasteiger partial charge in [-0.25, -0.2) is 9.97 Å². The number of para-hydroxylation sites is 4. The number of pyridine rings is 2. The van der Waals surface area contributed by atoms with Gasteiger partial charge in [-0.2, -0.15) is 0 Å². The van der Waals surface area contributed by atoms with E-state index < -0.39 is 0 Å². The molecular formula is C46H28N4OS2. The van der Waals surface area contributed by atoms with E-state index in [9.17, 15) is 0 Å². The van der Waals surface area contributed by atoms with Crippen LogP contribution in [0.4, 0.5) is 34.1 Å². The lowest BCUT2D eigenvalue weighted by atomic mass is 10.1. The minimum absolute atomic E-state index is 0.723. The van der Waals surface area contributed by atoms with Crippen LogP contribution in [0.25, 0.3) is 44.7 Å². The molecule has 0 atom stereocenters. The average Bonchev–Trinajstić information content (AvgIpc) is 3.59. The van der Waals surface area contributed by atoms with E-state index in [0.717, 1.165) is 67.5 Å². The van der Waals surface area contributed by atoms with Gasteiger partial charge in [0.1, 0.15) is 11.0 Å². The lowest BCUT2D eigenvalue weighted by Gasteiger charge is -2.33. The van der Waals surface area contributed by atoms with Gasteiger partial charge in [-0.3, -0.25) is 0 Å². The maximum atomic E-state index is 6.27. The van der Waals surface area contributed by atoms with Crippen LogP contribution in [0.3, 0.4) is 0 Å². The Morgan fingerprint density at radius 2 is 0.792 bits per heavy atom. The standard InChI is InChI=1S/C46H28N4OS2/c1-3-11-31(12-4-1)49-35-15-7-9-17-41(35)52-43-27-29(19-23-37(43)49)33-21-25-39-45(47-33)46-40(51-39)26-22-34(48-46)30-20-24-38-44(28-30)53-42-18-10-8-16-36(42)50(38)32-13-5-2-6-14-32/h1-28H. The third-order valence-electron chi connectivity index (χ3n) is 9.83. The summed E-state index contributed by atoms with van der Waals surface area (Å²) in [6, 6.07) is 59.7. The van der Waals surface area contributed by atoms with Crippen molar-refractivity contribution in [1.82, 2.24) is 9.97 Å². The normalized spacial score (nSPS) is 13.1. The third kappa shape index (κ3) is 5.04. The van der Waals surface area contributed by atoms with Gasteiger partial charge in [0, 0.05) is 42.1 Å². The maximum Gasteiger partial charge on any atom is 0.155 e. The van der Waals surface area contributed by atoms with Gasteiger partial charge in [-0.15, -0.1) is 0 Å². The molecule has 11 rings (SSSR count). The minimum atomic E-state index is 0.723. The number of hydrogen-bond donors (Lipinski definition) is 0. The summed E-state index contributed by atoms with van der Waals surface area (Å²) >= 11 is 3.59. The minimum Gasteiger partial charge on any atom is -0.453 e. The fourth-order valence-corrected chi connectivity index (χ4v) is 9.57. The molecule has 0 bridgehead atoms. The van der Waals surface area contributed by atoms with Gasteiger partial charge in [0.2, 0.25) is 0 Å². The lowest BCUT2D eigenvalue weighted by molar-refractivity contribution is 0.667. The molecule has 0 spiro atoms. The van der Waals surface area contributed by atoms with Crippen LogP contribution < -0.4 is 9.80 Å². The Hall–Kier alpha value is -6.28. The van der Waals surface area contributed by atoms with Gasteiger partial charge in [0.25, 0.3) is 0 Å². The summed E-state index contributed by atoms with van der Waals surface area (Å²) in [6.45, 7) is 0. The topological polar surface area (TPSA) is 45.4 Å². The van der Waals surface area contributed by atoms with Crippen molar-refractivity contribution in [2.75, 3.05) is 9.80 Å². The highest BCUT2D eigenvalue weighted by Crippen LogP contribution is 2.53. The van der Waals surface area contributed by atoms with Gasteiger partial charge >= 0.3 is 0 Å². The first-order chi connectivity index (χ1) is 26.2. The molecule has 0 radical (unpaired) electrons. The molecule has 5 nitrogen and oxygen atoms in total. The fourth-order valence-electron chi connectivity index (χ4n) is 7.38.